The molecule has 170 valence electrons. The molecule has 0 bridgehead atoms. The topological polar surface area (TPSA) is 66.6 Å². The van der Waals surface area contributed by atoms with E-state index in [1.807, 2.05) is 23.1 Å². The molecule has 0 aliphatic carbocycles. The lowest BCUT2D eigenvalue weighted by Gasteiger charge is -2.35. The summed E-state index contributed by atoms with van der Waals surface area (Å²) >= 11 is 0. The van der Waals surface area contributed by atoms with Gasteiger partial charge in [0.05, 0.1) is 0 Å². The highest BCUT2D eigenvalue weighted by molar-refractivity contribution is 5.76. The molecule has 7 nitrogen and oxygen atoms in total. The summed E-state index contributed by atoms with van der Waals surface area (Å²) in [6.07, 6.45) is -3.97. The van der Waals surface area contributed by atoms with Gasteiger partial charge in [-0.2, -0.15) is 18.2 Å². The molecule has 2 aromatic heterocycles. The first-order chi connectivity index (χ1) is 15.2. The zero-order chi connectivity index (χ0) is 22.9. The van der Waals surface area contributed by atoms with Crippen LogP contribution in [0.15, 0.2) is 30.3 Å². The number of benzene rings is 1. The van der Waals surface area contributed by atoms with Crippen molar-refractivity contribution in [2.45, 2.75) is 39.4 Å². The fraction of sp³-hybridized carbons (Fsp3) is 0.455. The van der Waals surface area contributed by atoms with E-state index in [-0.39, 0.29) is 18.1 Å². The molecule has 1 aliphatic heterocycles. The lowest BCUT2D eigenvalue weighted by molar-refractivity contribution is -0.144. The number of alkyl halides is 3. The number of aromatic nitrogens is 4. The van der Waals surface area contributed by atoms with Gasteiger partial charge >= 0.3 is 6.18 Å². The lowest BCUT2D eigenvalue weighted by atomic mass is 10.1. The van der Waals surface area contributed by atoms with Crippen LogP contribution in [0.25, 0.3) is 5.78 Å². The second-order valence-electron chi connectivity index (χ2n) is 8.05. The second-order valence-corrected chi connectivity index (χ2v) is 8.05. The van der Waals surface area contributed by atoms with Crippen LogP contribution in [-0.2, 0) is 23.9 Å². The van der Waals surface area contributed by atoms with Crippen molar-refractivity contribution in [3.8, 4) is 0 Å². The number of halogens is 3. The Bertz CT molecular complexity index is 1100. The van der Waals surface area contributed by atoms with Gasteiger partial charge in [0.15, 0.2) is 0 Å². The van der Waals surface area contributed by atoms with Gasteiger partial charge in [0.2, 0.25) is 5.91 Å². The van der Waals surface area contributed by atoms with Crippen molar-refractivity contribution < 1.29 is 18.0 Å². The highest BCUT2D eigenvalue weighted by Crippen LogP contribution is 2.27. The molecule has 4 rings (SSSR count). The minimum absolute atomic E-state index is 0.0397. The quantitative estimate of drug-likeness (QED) is 0.603. The van der Waals surface area contributed by atoms with Crippen molar-refractivity contribution in [3.63, 3.8) is 0 Å². The second kappa shape index (κ2) is 8.85. The first-order valence-corrected chi connectivity index (χ1v) is 10.6. The third kappa shape index (κ3) is 4.74. The predicted octanol–water partition coefficient (Wildman–Crippen LogP) is 3.04. The standard InChI is InChI=1S/C22H25F3N6O/c1-15-18(16(2)31-21(26-15)27-20(28-31)22(23,24)25)8-9-19(32)30-12-10-29(11-13-30)14-17-6-4-3-5-7-17/h3-7H,8-14H2,1-2H3. The van der Waals surface area contributed by atoms with Gasteiger partial charge < -0.3 is 4.90 Å². The number of aryl methyl sites for hydroxylation is 2. The smallest absolute Gasteiger partial charge is 0.340 e. The van der Waals surface area contributed by atoms with Crippen molar-refractivity contribution in [3.05, 3.63) is 58.7 Å². The van der Waals surface area contributed by atoms with E-state index in [9.17, 15) is 18.0 Å². The maximum atomic E-state index is 12.9. The normalized spacial score (nSPS) is 15.5. The van der Waals surface area contributed by atoms with Gasteiger partial charge in [-0.3, -0.25) is 9.69 Å². The summed E-state index contributed by atoms with van der Waals surface area (Å²) in [6.45, 7) is 7.22. The molecular weight excluding hydrogens is 421 g/mol. The van der Waals surface area contributed by atoms with E-state index in [0.29, 0.717) is 30.9 Å². The molecule has 3 aromatic rings. The molecule has 10 heteroatoms. The maximum Gasteiger partial charge on any atom is 0.453 e. The summed E-state index contributed by atoms with van der Waals surface area (Å²) in [6, 6.07) is 10.2. The minimum atomic E-state index is -4.63. The van der Waals surface area contributed by atoms with Gasteiger partial charge in [0.1, 0.15) is 0 Å². The summed E-state index contributed by atoms with van der Waals surface area (Å²) in [5.41, 5.74) is 3.07. The molecule has 1 fully saturated rings. The number of hydrogen-bond acceptors (Lipinski definition) is 5. The largest absolute Gasteiger partial charge is 0.453 e. The van der Waals surface area contributed by atoms with Crippen molar-refractivity contribution in [1.29, 1.82) is 0 Å². The number of fused-ring (bicyclic) bond motifs is 1. The molecule has 32 heavy (non-hydrogen) atoms. The molecule has 3 heterocycles. The molecule has 0 saturated carbocycles. The van der Waals surface area contributed by atoms with E-state index >= 15 is 0 Å². The molecule has 0 spiro atoms. The molecule has 0 N–H and O–H groups in total. The van der Waals surface area contributed by atoms with Crippen LogP contribution in [0, 0.1) is 13.8 Å². The van der Waals surface area contributed by atoms with Crippen LogP contribution in [0.2, 0.25) is 0 Å². The number of amides is 1. The highest BCUT2D eigenvalue weighted by Gasteiger charge is 2.37. The molecule has 0 unspecified atom stereocenters. The SMILES string of the molecule is Cc1nc2nc(C(F)(F)F)nn2c(C)c1CCC(=O)N1CCN(Cc2ccccc2)CC1. The third-order valence-corrected chi connectivity index (χ3v) is 5.87. The van der Waals surface area contributed by atoms with Crippen LogP contribution < -0.4 is 0 Å². The zero-order valence-electron chi connectivity index (χ0n) is 18.1. The number of nitrogens with zero attached hydrogens (tertiary/aromatic N) is 6. The average molecular weight is 446 g/mol. The fourth-order valence-corrected chi connectivity index (χ4v) is 4.08. The third-order valence-electron chi connectivity index (χ3n) is 5.87. The van der Waals surface area contributed by atoms with Crippen LogP contribution in [-0.4, -0.2) is 61.5 Å². The highest BCUT2D eigenvalue weighted by atomic mass is 19.4. The summed E-state index contributed by atoms with van der Waals surface area (Å²) in [5.74, 6) is -1.26. The summed E-state index contributed by atoms with van der Waals surface area (Å²) in [4.78, 5) is 24.6. The van der Waals surface area contributed by atoms with Gasteiger partial charge in [0, 0.05) is 50.5 Å². The molecule has 1 amide bonds. The summed E-state index contributed by atoms with van der Waals surface area (Å²) < 4.78 is 40.0. The van der Waals surface area contributed by atoms with Crippen LogP contribution in [0.1, 0.15) is 34.8 Å². The summed E-state index contributed by atoms with van der Waals surface area (Å²) in [7, 11) is 0. The van der Waals surface area contributed by atoms with E-state index in [0.717, 1.165) is 29.7 Å². The van der Waals surface area contributed by atoms with Gasteiger partial charge in [-0.15, -0.1) is 5.10 Å². The molecule has 0 radical (unpaired) electrons. The van der Waals surface area contributed by atoms with Crippen LogP contribution in [0.3, 0.4) is 0 Å². The van der Waals surface area contributed by atoms with E-state index in [4.69, 9.17) is 0 Å². The number of carbonyl (C=O) groups excluding carboxylic acids is 1. The zero-order valence-corrected chi connectivity index (χ0v) is 18.1. The monoisotopic (exact) mass is 446 g/mol. The first-order valence-electron chi connectivity index (χ1n) is 10.6. The van der Waals surface area contributed by atoms with Gasteiger partial charge in [-0.1, -0.05) is 30.3 Å². The maximum absolute atomic E-state index is 12.9. The van der Waals surface area contributed by atoms with Crippen molar-refractivity contribution in [2.75, 3.05) is 26.2 Å². The Balaban J connectivity index is 1.37. The Morgan fingerprint density at radius 3 is 2.38 bits per heavy atom. The van der Waals surface area contributed by atoms with E-state index < -0.39 is 12.0 Å². The van der Waals surface area contributed by atoms with E-state index in [1.54, 1.807) is 13.8 Å². The minimum Gasteiger partial charge on any atom is -0.340 e. The first kappa shape index (κ1) is 22.2. The Hall–Kier alpha value is -3.01. The predicted molar refractivity (Wildman–Crippen MR) is 112 cm³/mol. The molecular formula is C22H25F3N6O. The molecule has 1 aliphatic rings. The Morgan fingerprint density at radius 2 is 1.72 bits per heavy atom. The summed E-state index contributed by atoms with van der Waals surface area (Å²) in [5, 5.41) is 3.56. The van der Waals surface area contributed by atoms with Crippen LogP contribution >= 0.6 is 0 Å². The number of rotatable bonds is 5. The number of piperazine rings is 1. The molecule has 0 atom stereocenters. The van der Waals surface area contributed by atoms with Gasteiger partial charge in [0.25, 0.3) is 11.6 Å². The van der Waals surface area contributed by atoms with Crippen molar-refractivity contribution >= 4 is 11.7 Å². The molecule has 1 aromatic carbocycles. The van der Waals surface area contributed by atoms with Crippen LogP contribution in [0.5, 0.6) is 0 Å². The Kier molecular flexibility index (Phi) is 6.14. The van der Waals surface area contributed by atoms with Crippen molar-refractivity contribution in [2.24, 2.45) is 0 Å². The van der Waals surface area contributed by atoms with E-state index in [2.05, 4.69) is 32.1 Å². The number of carbonyl (C=O) groups is 1. The van der Waals surface area contributed by atoms with Crippen LogP contribution in [0.4, 0.5) is 13.2 Å². The fourth-order valence-electron chi connectivity index (χ4n) is 4.08. The van der Waals surface area contributed by atoms with Crippen molar-refractivity contribution in [1.82, 2.24) is 29.4 Å². The lowest BCUT2D eigenvalue weighted by Crippen LogP contribution is -2.48. The Morgan fingerprint density at radius 1 is 1.03 bits per heavy atom. The number of hydrogen-bond donors (Lipinski definition) is 0. The van der Waals surface area contributed by atoms with Gasteiger partial charge in [-0.25, -0.2) is 9.50 Å². The van der Waals surface area contributed by atoms with E-state index in [1.165, 1.54) is 5.56 Å². The Labute approximate surface area is 183 Å². The van der Waals surface area contributed by atoms with Gasteiger partial charge in [-0.05, 0) is 31.4 Å². The average Bonchev–Trinajstić information content (AvgIpc) is 3.19. The molecule has 1 saturated heterocycles.